The number of thioether (sulfide) groups is 1. The fourth-order valence-corrected chi connectivity index (χ4v) is 1.23. The zero-order valence-electron chi connectivity index (χ0n) is 8.17. The molecule has 0 aliphatic carbocycles. The molecule has 0 aliphatic heterocycles. The normalized spacial score (nSPS) is 13.6. The van der Waals surface area contributed by atoms with Crippen LogP contribution < -0.4 is 0 Å². The summed E-state index contributed by atoms with van der Waals surface area (Å²) in [5.41, 5.74) is 0. The molecule has 0 aliphatic rings. The molecule has 70 valence electrons. The average molecular weight is 186 g/mol. The van der Waals surface area contributed by atoms with Gasteiger partial charge in [0.05, 0.1) is 0 Å². The number of carbonyl (C=O) groups is 1. The van der Waals surface area contributed by atoms with Gasteiger partial charge in [-0.1, -0.05) is 45.0 Å². The molecule has 1 atom stereocenters. The van der Waals surface area contributed by atoms with E-state index in [1.807, 2.05) is 13.0 Å². The van der Waals surface area contributed by atoms with E-state index >= 15 is 0 Å². The van der Waals surface area contributed by atoms with Crippen LogP contribution in [0.2, 0.25) is 0 Å². The second-order valence-electron chi connectivity index (χ2n) is 2.90. The molecule has 0 bridgehead atoms. The van der Waals surface area contributed by atoms with Gasteiger partial charge >= 0.3 is 0 Å². The Labute approximate surface area is 79.6 Å². The fraction of sp³-hybridized carbons (Fsp3) is 0.700. The SMILES string of the molecule is CCSC(=O)/C=C/C[C@@H](C)CC. The van der Waals surface area contributed by atoms with Crippen LogP contribution in [-0.4, -0.2) is 10.9 Å². The summed E-state index contributed by atoms with van der Waals surface area (Å²) in [5, 5.41) is 0.181. The lowest BCUT2D eigenvalue weighted by atomic mass is 10.1. The molecule has 2 heteroatoms. The predicted molar refractivity (Wildman–Crippen MR) is 56.4 cm³/mol. The van der Waals surface area contributed by atoms with Crippen molar-refractivity contribution in [1.29, 1.82) is 0 Å². The first-order valence-corrected chi connectivity index (χ1v) is 5.52. The van der Waals surface area contributed by atoms with Gasteiger partial charge in [0.15, 0.2) is 0 Å². The fourth-order valence-electron chi connectivity index (χ4n) is 0.754. The van der Waals surface area contributed by atoms with Crippen molar-refractivity contribution in [1.82, 2.24) is 0 Å². The summed E-state index contributed by atoms with van der Waals surface area (Å²) >= 11 is 1.36. The van der Waals surface area contributed by atoms with Gasteiger partial charge in [-0.2, -0.15) is 0 Å². The number of hydrogen-bond donors (Lipinski definition) is 0. The Morgan fingerprint density at radius 3 is 2.67 bits per heavy atom. The molecule has 0 heterocycles. The van der Waals surface area contributed by atoms with Crippen molar-refractivity contribution in [3.05, 3.63) is 12.2 Å². The maximum Gasteiger partial charge on any atom is 0.211 e. The first-order chi connectivity index (χ1) is 5.70. The van der Waals surface area contributed by atoms with Crippen LogP contribution in [0.15, 0.2) is 12.2 Å². The van der Waals surface area contributed by atoms with Gasteiger partial charge in [-0.15, -0.1) is 0 Å². The van der Waals surface area contributed by atoms with Crippen molar-refractivity contribution in [2.24, 2.45) is 5.92 Å². The van der Waals surface area contributed by atoms with E-state index in [0.717, 1.165) is 12.2 Å². The summed E-state index contributed by atoms with van der Waals surface area (Å²) in [6.45, 7) is 6.36. The van der Waals surface area contributed by atoms with Crippen molar-refractivity contribution >= 4 is 16.9 Å². The Hall–Kier alpha value is -0.240. The standard InChI is InChI=1S/C10H18OS/c1-4-9(3)7-6-8-10(11)12-5-2/h6,8-9H,4-5,7H2,1-3H3/b8-6+/t9-/m0/s1. The molecule has 0 saturated carbocycles. The van der Waals surface area contributed by atoms with Gasteiger partial charge in [0.25, 0.3) is 0 Å². The van der Waals surface area contributed by atoms with Crippen LogP contribution in [0.4, 0.5) is 0 Å². The smallest absolute Gasteiger partial charge is 0.211 e. The first-order valence-electron chi connectivity index (χ1n) is 4.54. The van der Waals surface area contributed by atoms with E-state index < -0.39 is 0 Å². The van der Waals surface area contributed by atoms with Crippen LogP contribution in [0.1, 0.15) is 33.6 Å². The summed E-state index contributed by atoms with van der Waals surface area (Å²) in [6.07, 6.45) is 5.88. The lowest BCUT2D eigenvalue weighted by Crippen LogP contribution is -1.90. The molecule has 0 aromatic heterocycles. The molecular formula is C10H18OS. The third-order valence-electron chi connectivity index (χ3n) is 1.78. The van der Waals surface area contributed by atoms with Crippen LogP contribution in [0.3, 0.4) is 0 Å². The summed E-state index contributed by atoms with van der Waals surface area (Å²) in [5.74, 6) is 1.56. The Bertz CT molecular complexity index is 152. The van der Waals surface area contributed by atoms with Crippen molar-refractivity contribution in [2.75, 3.05) is 5.75 Å². The molecule has 0 saturated heterocycles. The van der Waals surface area contributed by atoms with Crippen LogP contribution in [-0.2, 0) is 4.79 Å². The van der Waals surface area contributed by atoms with E-state index in [4.69, 9.17) is 0 Å². The molecule has 12 heavy (non-hydrogen) atoms. The quantitative estimate of drug-likeness (QED) is 0.613. The van der Waals surface area contributed by atoms with E-state index in [0.29, 0.717) is 5.92 Å². The molecule has 0 fully saturated rings. The Balaban J connectivity index is 3.54. The van der Waals surface area contributed by atoms with Gasteiger partial charge in [-0.3, -0.25) is 4.79 Å². The molecule has 0 aromatic carbocycles. The molecule has 0 rings (SSSR count). The maximum atomic E-state index is 11.0. The molecule has 0 spiro atoms. The second-order valence-corrected chi connectivity index (χ2v) is 4.17. The molecule has 0 unspecified atom stereocenters. The molecule has 0 amide bonds. The van der Waals surface area contributed by atoms with Gasteiger partial charge in [-0.05, 0) is 24.2 Å². The highest BCUT2D eigenvalue weighted by Gasteiger charge is 1.96. The number of carbonyl (C=O) groups excluding carboxylic acids is 1. The summed E-state index contributed by atoms with van der Waals surface area (Å²) in [6, 6.07) is 0. The minimum absolute atomic E-state index is 0.181. The largest absolute Gasteiger partial charge is 0.282 e. The second kappa shape index (κ2) is 7.41. The number of hydrogen-bond acceptors (Lipinski definition) is 2. The van der Waals surface area contributed by atoms with Crippen LogP contribution in [0, 0.1) is 5.92 Å². The van der Waals surface area contributed by atoms with Gasteiger partial charge in [0.2, 0.25) is 5.12 Å². The molecule has 1 nitrogen and oxygen atoms in total. The van der Waals surface area contributed by atoms with E-state index in [1.54, 1.807) is 6.08 Å². The monoisotopic (exact) mass is 186 g/mol. The van der Waals surface area contributed by atoms with E-state index in [9.17, 15) is 4.79 Å². The topological polar surface area (TPSA) is 17.1 Å². The first kappa shape index (κ1) is 11.8. The van der Waals surface area contributed by atoms with Crippen molar-refractivity contribution < 1.29 is 4.79 Å². The summed E-state index contributed by atoms with van der Waals surface area (Å²) < 4.78 is 0. The summed E-state index contributed by atoms with van der Waals surface area (Å²) in [4.78, 5) is 11.0. The highest BCUT2D eigenvalue weighted by atomic mass is 32.2. The van der Waals surface area contributed by atoms with Crippen molar-refractivity contribution in [2.45, 2.75) is 33.6 Å². The molecule has 0 radical (unpaired) electrons. The highest BCUT2D eigenvalue weighted by Crippen LogP contribution is 2.08. The van der Waals surface area contributed by atoms with Crippen LogP contribution >= 0.6 is 11.8 Å². The van der Waals surface area contributed by atoms with Crippen molar-refractivity contribution in [3.8, 4) is 0 Å². The maximum absolute atomic E-state index is 11.0. The van der Waals surface area contributed by atoms with Crippen LogP contribution in [0.25, 0.3) is 0 Å². The van der Waals surface area contributed by atoms with Gasteiger partial charge in [-0.25, -0.2) is 0 Å². The average Bonchev–Trinajstić information content (AvgIpc) is 2.04. The lowest BCUT2D eigenvalue weighted by Gasteiger charge is -2.01. The Kier molecular flexibility index (Phi) is 7.26. The molecule has 0 aromatic rings. The van der Waals surface area contributed by atoms with E-state index in [1.165, 1.54) is 18.2 Å². The Morgan fingerprint density at radius 1 is 1.50 bits per heavy atom. The number of allylic oxidation sites excluding steroid dienone is 1. The van der Waals surface area contributed by atoms with Crippen LogP contribution in [0.5, 0.6) is 0 Å². The molecular weight excluding hydrogens is 168 g/mol. The lowest BCUT2D eigenvalue weighted by molar-refractivity contribution is -0.107. The van der Waals surface area contributed by atoms with Gasteiger partial charge < -0.3 is 0 Å². The summed E-state index contributed by atoms with van der Waals surface area (Å²) in [7, 11) is 0. The number of rotatable bonds is 5. The predicted octanol–water partition coefficient (Wildman–Crippen LogP) is 3.26. The highest BCUT2D eigenvalue weighted by molar-refractivity contribution is 8.14. The minimum atomic E-state index is 0.181. The van der Waals surface area contributed by atoms with E-state index in [-0.39, 0.29) is 5.12 Å². The zero-order valence-corrected chi connectivity index (χ0v) is 8.99. The zero-order chi connectivity index (χ0) is 9.40. The molecule has 0 N–H and O–H groups in total. The minimum Gasteiger partial charge on any atom is -0.282 e. The third kappa shape index (κ3) is 6.47. The van der Waals surface area contributed by atoms with Gasteiger partial charge in [0, 0.05) is 0 Å². The van der Waals surface area contributed by atoms with Crippen molar-refractivity contribution in [3.63, 3.8) is 0 Å². The van der Waals surface area contributed by atoms with Gasteiger partial charge in [0.1, 0.15) is 0 Å². The third-order valence-corrected chi connectivity index (χ3v) is 2.49. The Morgan fingerprint density at radius 2 is 2.17 bits per heavy atom. The van der Waals surface area contributed by atoms with E-state index in [2.05, 4.69) is 13.8 Å².